The maximum Gasteiger partial charge on any atom is 0.573 e. The molecule has 0 fully saturated rings. The highest BCUT2D eigenvalue weighted by molar-refractivity contribution is 5.91. The van der Waals surface area contributed by atoms with Crippen LogP contribution >= 0.6 is 0 Å². The second-order valence-electron chi connectivity index (χ2n) is 6.89. The van der Waals surface area contributed by atoms with Crippen LogP contribution in [0.25, 0.3) is 27.9 Å². The van der Waals surface area contributed by atoms with E-state index in [-0.39, 0.29) is 18.7 Å². The van der Waals surface area contributed by atoms with Gasteiger partial charge in [-0.2, -0.15) is 0 Å². The number of rotatable bonds is 4. The van der Waals surface area contributed by atoms with Gasteiger partial charge >= 0.3 is 12.1 Å². The Labute approximate surface area is 181 Å². The maximum absolute atomic E-state index is 12.6. The van der Waals surface area contributed by atoms with E-state index >= 15 is 0 Å². The molecule has 9 heteroatoms. The second-order valence-corrected chi connectivity index (χ2v) is 6.89. The van der Waals surface area contributed by atoms with Crippen molar-refractivity contribution < 1.29 is 22.3 Å². The molecule has 0 radical (unpaired) electrons. The van der Waals surface area contributed by atoms with Gasteiger partial charge in [0.15, 0.2) is 5.58 Å². The van der Waals surface area contributed by atoms with Gasteiger partial charge in [-0.05, 0) is 49.7 Å². The highest BCUT2D eigenvalue weighted by atomic mass is 19.4. The molecule has 0 N–H and O–H groups in total. The Hall–Kier alpha value is -3.75. The zero-order chi connectivity index (χ0) is 22.3. The summed E-state index contributed by atoms with van der Waals surface area (Å²) in [5.41, 5.74) is 2.99. The van der Waals surface area contributed by atoms with Crippen LogP contribution in [0.1, 0.15) is 19.9 Å². The molecule has 0 aliphatic rings. The number of benzene rings is 2. The zero-order valence-electron chi connectivity index (χ0n) is 16.6. The van der Waals surface area contributed by atoms with E-state index in [0.717, 1.165) is 12.1 Å². The first-order valence-corrected chi connectivity index (χ1v) is 9.40. The number of pyridine rings is 1. The number of nitrogens with zero attached hydrogens (tertiary/aromatic N) is 2. The molecule has 0 spiro atoms. The molecule has 0 atom stereocenters. The number of oxazole rings is 1. The van der Waals surface area contributed by atoms with Gasteiger partial charge < -0.3 is 9.15 Å². The van der Waals surface area contributed by atoms with Crippen molar-refractivity contribution in [3.63, 3.8) is 0 Å². The van der Waals surface area contributed by atoms with Crippen LogP contribution < -0.4 is 16.1 Å². The molecule has 4 aromatic rings. The number of halogens is 3. The van der Waals surface area contributed by atoms with E-state index in [4.69, 9.17) is 4.42 Å². The predicted octanol–water partition coefficient (Wildman–Crippen LogP) is 5.28. The standard InChI is InChI=1S/C22H17F3N2O4.CH4/c1-3-26-18-6-4-5-16(20(18)30-21(26)29)17-12-27(19(28)11-13(17)2)14-7-9-15(10-8-14)31-22(23,24)25;/h4-12H,3H2,1-2H3;1H4. The molecular weight excluding hydrogens is 425 g/mol. The lowest BCUT2D eigenvalue weighted by Gasteiger charge is -2.13. The molecule has 0 aliphatic carbocycles. The summed E-state index contributed by atoms with van der Waals surface area (Å²) in [6, 6.07) is 11.7. The first-order chi connectivity index (χ1) is 14.7. The van der Waals surface area contributed by atoms with Gasteiger partial charge in [-0.25, -0.2) is 4.79 Å². The summed E-state index contributed by atoms with van der Waals surface area (Å²) in [6.45, 7) is 4.04. The molecular formula is C23H21F3N2O4. The van der Waals surface area contributed by atoms with Crippen molar-refractivity contribution in [2.45, 2.75) is 34.2 Å². The molecule has 0 unspecified atom stereocenters. The van der Waals surface area contributed by atoms with Crippen molar-refractivity contribution >= 4 is 11.1 Å². The van der Waals surface area contributed by atoms with E-state index < -0.39 is 12.1 Å². The Morgan fingerprint density at radius 3 is 2.34 bits per heavy atom. The fourth-order valence-electron chi connectivity index (χ4n) is 3.52. The number of alkyl halides is 3. The summed E-state index contributed by atoms with van der Waals surface area (Å²) in [4.78, 5) is 24.7. The van der Waals surface area contributed by atoms with E-state index in [0.29, 0.717) is 40.0 Å². The smallest absolute Gasteiger partial charge is 0.407 e. The molecule has 0 saturated heterocycles. The van der Waals surface area contributed by atoms with Crippen molar-refractivity contribution in [3.8, 4) is 22.6 Å². The SMILES string of the molecule is C.CCn1c(=O)oc2c(-c3cn(-c4ccc(OC(F)(F)F)cc4)c(=O)cc3C)cccc21. The minimum absolute atomic E-state index is 0. The van der Waals surface area contributed by atoms with Crippen molar-refractivity contribution in [1.82, 2.24) is 9.13 Å². The topological polar surface area (TPSA) is 66.4 Å². The average Bonchev–Trinajstić information content (AvgIpc) is 3.03. The van der Waals surface area contributed by atoms with Gasteiger partial charge in [-0.15, -0.1) is 13.2 Å². The lowest BCUT2D eigenvalue weighted by molar-refractivity contribution is -0.274. The largest absolute Gasteiger partial charge is 0.573 e. The lowest BCUT2D eigenvalue weighted by Crippen LogP contribution is -2.19. The van der Waals surface area contributed by atoms with Crippen LogP contribution in [0.3, 0.4) is 0 Å². The van der Waals surface area contributed by atoms with E-state index in [1.807, 2.05) is 6.92 Å². The average molecular weight is 446 g/mol. The summed E-state index contributed by atoms with van der Waals surface area (Å²) in [7, 11) is 0. The Balaban J connectivity index is 0.00000289. The molecule has 2 aromatic heterocycles. The lowest BCUT2D eigenvalue weighted by atomic mass is 10.0. The summed E-state index contributed by atoms with van der Waals surface area (Å²) in [6.07, 6.45) is -3.22. The highest BCUT2D eigenvalue weighted by Crippen LogP contribution is 2.31. The molecule has 4 rings (SSSR count). The minimum atomic E-state index is -4.80. The van der Waals surface area contributed by atoms with Crippen LogP contribution in [-0.2, 0) is 6.54 Å². The number of para-hydroxylation sites is 1. The van der Waals surface area contributed by atoms with Crippen LogP contribution in [0.2, 0.25) is 0 Å². The Morgan fingerprint density at radius 2 is 1.72 bits per heavy atom. The number of fused-ring (bicyclic) bond motifs is 1. The van der Waals surface area contributed by atoms with Crippen LogP contribution in [0.15, 0.2) is 68.7 Å². The highest BCUT2D eigenvalue weighted by Gasteiger charge is 2.31. The molecule has 2 heterocycles. The molecule has 0 bridgehead atoms. The van der Waals surface area contributed by atoms with Crippen molar-refractivity contribution in [2.75, 3.05) is 0 Å². The maximum atomic E-state index is 12.6. The van der Waals surface area contributed by atoms with Crippen LogP contribution in [0, 0.1) is 6.92 Å². The van der Waals surface area contributed by atoms with Crippen LogP contribution in [0.5, 0.6) is 5.75 Å². The number of aryl methyl sites for hydroxylation is 2. The van der Waals surface area contributed by atoms with E-state index in [1.165, 1.54) is 27.3 Å². The van der Waals surface area contributed by atoms with Gasteiger partial charge in [0.1, 0.15) is 5.75 Å². The third-order valence-corrected chi connectivity index (χ3v) is 4.91. The minimum Gasteiger partial charge on any atom is -0.407 e. The summed E-state index contributed by atoms with van der Waals surface area (Å²) >= 11 is 0. The number of hydrogen-bond acceptors (Lipinski definition) is 4. The van der Waals surface area contributed by atoms with Crippen LogP contribution in [0.4, 0.5) is 13.2 Å². The normalized spacial score (nSPS) is 11.4. The molecule has 2 aromatic carbocycles. The van der Waals surface area contributed by atoms with E-state index in [2.05, 4.69) is 4.74 Å². The quantitative estimate of drug-likeness (QED) is 0.428. The van der Waals surface area contributed by atoms with Crippen molar-refractivity contribution in [3.05, 3.63) is 81.2 Å². The van der Waals surface area contributed by atoms with Gasteiger partial charge in [0.2, 0.25) is 0 Å². The predicted molar refractivity (Wildman–Crippen MR) is 115 cm³/mol. The third kappa shape index (κ3) is 4.18. The number of ether oxygens (including phenoxy) is 1. The second kappa shape index (κ2) is 8.41. The fraction of sp³-hybridized carbons (Fsp3) is 0.217. The first-order valence-electron chi connectivity index (χ1n) is 9.40. The summed E-state index contributed by atoms with van der Waals surface area (Å²) in [5, 5.41) is 0. The Bertz CT molecular complexity index is 1380. The van der Waals surface area contributed by atoms with Gasteiger partial charge in [0.25, 0.3) is 5.56 Å². The summed E-state index contributed by atoms with van der Waals surface area (Å²) < 4.78 is 49.3. The molecule has 0 saturated carbocycles. The molecule has 32 heavy (non-hydrogen) atoms. The van der Waals surface area contributed by atoms with E-state index in [9.17, 15) is 22.8 Å². The van der Waals surface area contributed by atoms with Gasteiger partial charge in [-0.3, -0.25) is 13.9 Å². The number of hydrogen-bond donors (Lipinski definition) is 0. The van der Waals surface area contributed by atoms with Gasteiger partial charge in [-0.1, -0.05) is 19.6 Å². The van der Waals surface area contributed by atoms with Gasteiger partial charge in [0.05, 0.1) is 5.52 Å². The number of aromatic nitrogens is 2. The van der Waals surface area contributed by atoms with Crippen molar-refractivity contribution in [2.24, 2.45) is 0 Å². The molecule has 6 nitrogen and oxygen atoms in total. The van der Waals surface area contributed by atoms with Gasteiger partial charge in [0, 0.05) is 35.6 Å². The molecule has 0 amide bonds. The van der Waals surface area contributed by atoms with Crippen LogP contribution in [-0.4, -0.2) is 15.5 Å². The Kier molecular flexibility index (Phi) is 6.03. The first kappa shape index (κ1) is 22.9. The van der Waals surface area contributed by atoms with E-state index in [1.54, 1.807) is 31.3 Å². The Morgan fingerprint density at radius 1 is 1.03 bits per heavy atom. The zero-order valence-corrected chi connectivity index (χ0v) is 16.6. The summed E-state index contributed by atoms with van der Waals surface area (Å²) in [5.74, 6) is -0.861. The third-order valence-electron chi connectivity index (χ3n) is 4.91. The molecule has 168 valence electrons. The van der Waals surface area contributed by atoms with Crippen molar-refractivity contribution in [1.29, 1.82) is 0 Å². The fourth-order valence-corrected chi connectivity index (χ4v) is 3.52. The molecule has 0 aliphatic heterocycles. The monoisotopic (exact) mass is 446 g/mol.